The molecule has 0 aliphatic heterocycles. The third-order valence-corrected chi connectivity index (χ3v) is 3.94. The van der Waals surface area contributed by atoms with Gasteiger partial charge in [-0.25, -0.2) is 9.97 Å². The van der Waals surface area contributed by atoms with Gasteiger partial charge in [-0.05, 0) is 18.9 Å². The molecule has 1 heterocycles. The number of rotatable bonds is 5. The molecular formula is C16H12ClF3N2O2. The number of alkyl halides is 3. The van der Waals surface area contributed by atoms with Crippen molar-refractivity contribution in [2.45, 2.75) is 31.4 Å². The summed E-state index contributed by atoms with van der Waals surface area (Å²) < 4.78 is 42.4. The Kier molecular flexibility index (Phi) is 4.45. The zero-order chi connectivity index (χ0) is 17.3. The number of Topliss-reactive ketones (excluding diaryl/α,β-unsaturated/α-hetero) is 1. The molecule has 1 aromatic heterocycles. The monoisotopic (exact) mass is 356 g/mol. The highest BCUT2D eigenvalue weighted by molar-refractivity contribution is 6.30. The number of ether oxygens (including phenoxy) is 1. The molecule has 4 nitrogen and oxygen atoms in total. The summed E-state index contributed by atoms with van der Waals surface area (Å²) in [6.07, 6.45) is -2.37. The molecule has 3 rings (SSSR count). The van der Waals surface area contributed by atoms with E-state index in [1.54, 1.807) is 18.2 Å². The quantitative estimate of drug-likeness (QED) is 0.761. The summed E-state index contributed by atoms with van der Waals surface area (Å²) in [5.74, 6) is -0.355. The Morgan fingerprint density at radius 3 is 2.58 bits per heavy atom. The fraction of sp³-hybridized carbons (Fsp3) is 0.312. The summed E-state index contributed by atoms with van der Waals surface area (Å²) in [6, 6.07) is 4.97. The fourth-order valence-corrected chi connectivity index (χ4v) is 2.78. The summed E-state index contributed by atoms with van der Waals surface area (Å²) in [7, 11) is 0. The van der Waals surface area contributed by atoms with Gasteiger partial charge in [-0.15, -0.1) is 0 Å². The van der Waals surface area contributed by atoms with Gasteiger partial charge in [0.2, 0.25) is 0 Å². The summed E-state index contributed by atoms with van der Waals surface area (Å²) in [5, 5.41) is 0.351. The number of nitrogens with zero attached hydrogens (tertiary/aromatic N) is 2. The molecule has 0 amide bonds. The van der Waals surface area contributed by atoms with E-state index in [0.29, 0.717) is 21.9 Å². The van der Waals surface area contributed by atoms with E-state index < -0.39 is 18.5 Å². The van der Waals surface area contributed by atoms with Gasteiger partial charge in [0, 0.05) is 17.5 Å². The maximum Gasteiger partial charge on any atom is 0.389 e. The fourth-order valence-electron chi connectivity index (χ4n) is 2.68. The van der Waals surface area contributed by atoms with E-state index in [0.717, 1.165) is 0 Å². The summed E-state index contributed by atoms with van der Waals surface area (Å²) in [6.45, 7) is 0. The minimum atomic E-state index is -4.22. The Hall–Kier alpha value is -2.15. The summed E-state index contributed by atoms with van der Waals surface area (Å²) >= 11 is 5.70. The highest BCUT2D eigenvalue weighted by Gasteiger charge is 2.39. The Morgan fingerprint density at radius 2 is 1.92 bits per heavy atom. The topological polar surface area (TPSA) is 52.1 Å². The molecule has 1 aliphatic carbocycles. The van der Waals surface area contributed by atoms with Crippen molar-refractivity contribution in [3.63, 3.8) is 0 Å². The van der Waals surface area contributed by atoms with Crippen molar-refractivity contribution in [1.29, 1.82) is 0 Å². The van der Waals surface area contributed by atoms with Gasteiger partial charge in [-0.3, -0.25) is 4.79 Å². The molecule has 24 heavy (non-hydrogen) atoms. The van der Waals surface area contributed by atoms with Crippen LogP contribution >= 0.6 is 11.6 Å². The number of carbonyl (C=O) groups excluding carboxylic acids is 1. The molecule has 2 aromatic rings. The molecular weight excluding hydrogens is 345 g/mol. The second kappa shape index (κ2) is 6.39. The van der Waals surface area contributed by atoms with Crippen molar-refractivity contribution in [3.8, 4) is 11.8 Å². The molecule has 0 N–H and O–H groups in total. The van der Waals surface area contributed by atoms with Crippen LogP contribution in [-0.4, -0.2) is 21.9 Å². The number of aromatic nitrogens is 2. The van der Waals surface area contributed by atoms with Gasteiger partial charge in [0.05, 0.1) is 23.3 Å². The van der Waals surface area contributed by atoms with Gasteiger partial charge in [0.1, 0.15) is 5.75 Å². The van der Waals surface area contributed by atoms with Crippen molar-refractivity contribution in [3.05, 3.63) is 46.7 Å². The number of halogens is 4. The zero-order valence-electron chi connectivity index (χ0n) is 12.3. The molecule has 0 bridgehead atoms. The lowest BCUT2D eigenvalue weighted by Crippen LogP contribution is -2.27. The molecule has 0 spiro atoms. The maximum atomic E-state index is 12.3. The first-order valence-electron chi connectivity index (χ1n) is 7.24. The second-order valence-electron chi connectivity index (χ2n) is 5.43. The lowest BCUT2D eigenvalue weighted by Gasteiger charge is -2.30. The van der Waals surface area contributed by atoms with Crippen LogP contribution in [0.4, 0.5) is 13.2 Å². The van der Waals surface area contributed by atoms with Crippen molar-refractivity contribution in [2.75, 3.05) is 0 Å². The molecule has 1 aliphatic rings. The van der Waals surface area contributed by atoms with Crippen LogP contribution < -0.4 is 4.74 Å². The van der Waals surface area contributed by atoms with Crippen molar-refractivity contribution < 1.29 is 22.7 Å². The van der Waals surface area contributed by atoms with Gasteiger partial charge < -0.3 is 4.74 Å². The SMILES string of the molecule is O=C1c2cccc(Oc3ncc(Cl)cn3)c2C1CCCC(F)(F)F. The molecule has 0 saturated carbocycles. The van der Waals surface area contributed by atoms with Crippen molar-refractivity contribution in [1.82, 2.24) is 9.97 Å². The van der Waals surface area contributed by atoms with E-state index in [4.69, 9.17) is 16.3 Å². The van der Waals surface area contributed by atoms with Crippen LogP contribution in [0.2, 0.25) is 5.02 Å². The Morgan fingerprint density at radius 1 is 1.21 bits per heavy atom. The Bertz CT molecular complexity index is 763. The lowest BCUT2D eigenvalue weighted by molar-refractivity contribution is -0.135. The average molecular weight is 357 g/mol. The predicted molar refractivity (Wildman–Crippen MR) is 80.5 cm³/mol. The number of benzene rings is 1. The van der Waals surface area contributed by atoms with E-state index >= 15 is 0 Å². The van der Waals surface area contributed by atoms with E-state index in [1.165, 1.54) is 12.4 Å². The van der Waals surface area contributed by atoms with Crippen molar-refractivity contribution in [2.24, 2.45) is 0 Å². The Labute approximate surface area is 140 Å². The first-order valence-corrected chi connectivity index (χ1v) is 7.62. The van der Waals surface area contributed by atoms with Crippen LogP contribution in [-0.2, 0) is 0 Å². The van der Waals surface area contributed by atoms with Gasteiger partial charge in [-0.1, -0.05) is 23.7 Å². The second-order valence-corrected chi connectivity index (χ2v) is 5.86. The standard InChI is InChI=1S/C16H12ClF3N2O2/c17-9-7-21-15(22-8-9)24-12-5-1-3-10-13(12)11(14(10)23)4-2-6-16(18,19)20/h1,3,5,7-8,11H,2,4,6H2. The van der Waals surface area contributed by atoms with Crippen LogP contribution in [0.5, 0.6) is 11.8 Å². The highest BCUT2D eigenvalue weighted by atomic mass is 35.5. The zero-order valence-corrected chi connectivity index (χ0v) is 13.1. The highest BCUT2D eigenvalue weighted by Crippen LogP contribution is 2.45. The van der Waals surface area contributed by atoms with E-state index in [9.17, 15) is 18.0 Å². The predicted octanol–water partition coefficient (Wildman–Crippen LogP) is 4.93. The molecule has 0 fully saturated rings. The van der Waals surface area contributed by atoms with Crippen LogP contribution in [0.25, 0.3) is 0 Å². The lowest BCUT2D eigenvalue weighted by atomic mass is 9.73. The molecule has 8 heteroatoms. The number of hydrogen-bond donors (Lipinski definition) is 0. The normalized spacial score (nSPS) is 16.5. The van der Waals surface area contributed by atoms with E-state index in [2.05, 4.69) is 9.97 Å². The largest absolute Gasteiger partial charge is 0.424 e. The summed E-state index contributed by atoms with van der Waals surface area (Å²) in [5.41, 5.74) is 1.08. The van der Waals surface area contributed by atoms with Crippen LogP contribution in [0, 0.1) is 0 Å². The third kappa shape index (κ3) is 3.51. The van der Waals surface area contributed by atoms with Gasteiger partial charge >= 0.3 is 12.2 Å². The first kappa shape index (κ1) is 16.7. The third-order valence-electron chi connectivity index (χ3n) is 3.75. The minimum absolute atomic E-state index is 0.0567. The summed E-state index contributed by atoms with van der Waals surface area (Å²) in [4.78, 5) is 19.9. The van der Waals surface area contributed by atoms with Gasteiger partial charge in [0.15, 0.2) is 5.78 Å². The van der Waals surface area contributed by atoms with E-state index in [-0.39, 0.29) is 24.6 Å². The van der Waals surface area contributed by atoms with E-state index in [1.807, 2.05) is 0 Å². The minimum Gasteiger partial charge on any atom is -0.424 e. The molecule has 126 valence electrons. The molecule has 0 saturated heterocycles. The smallest absolute Gasteiger partial charge is 0.389 e. The number of ketones is 1. The van der Waals surface area contributed by atoms with Crippen LogP contribution in [0.3, 0.4) is 0 Å². The molecule has 0 radical (unpaired) electrons. The number of fused-ring (bicyclic) bond motifs is 1. The molecule has 1 atom stereocenters. The van der Waals surface area contributed by atoms with Crippen LogP contribution in [0.15, 0.2) is 30.6 Å². The first-order chi connectivity index (χ1) is 11.3. The number of carbonyl (C=O) groups is 1. The average Bonchev–Trinajstić information content (AvgIpc) is 2.52. The maximum absolute atomic E-state index is 12.3. The molecule has 1 aromatic carbocycles. The van der Waals surface area contributed by atoms with Crippen LogP contribution in [0.1, 0.15) is 41.1 Å². The molecule has 1 unspecified atom stereocenters. The van der Waals surface area contributed by atoms with Gasteiger partial charge in [-0.2, -0.15) is 13.2 Å². The van der Waals surface area contributed by atoms with Gasteiger partial charge in [0.25, 0.3) is 0 Å². The van der Waals surface area contributed by atoms with Crippen molar-refractivity contribution >= 4 is 17.4 Å². The number of hydrogen-bond acceptors (Lipinski definition) is 4. The Balaban J connectivity index is 1.76.